The second-order valence-electron chi connectivity index (χ2n) is 5.59. The van der Waals surface area contributed by atoms with Gasteiger partial charge < -0.3 is 10.1 Å². The van der Waals surface area contributed by atoms with E-state index in [-0.39, 0.29) is 17.9 Å². The summed E-state index contributed by atoms with van der Waals surface area (Å²) in [4.78, 5) is 12.6. The predicted octanol–water partition coefficient (Wildman–Crippen LogP) is 5.13. The fraction of sp³-hybridized carbons (Fsp3) is 0.278. The Morgan fingerprint density at radius 3 is 2.30 bits per heavy atom. The Labute approximate surface area is 146 Å². The summed E-state index contributed by atoms with van der Waals surface area (Å²) in [5.74, 6) is 0.748. The SMILES string of the molecule is COc1ccc(C(NC(=O)c2cc(Cl)ccc2Cl)C(C)C)cc1. The lowest BCUT2D eigenvalue weighted by Gasteiger charge is -2.23. The normalized spacial score (nSPS) is 12.1. The number of amides is 1. The molecule has 0 aromatic heterocycles. The Hall–Kier alpha value is -1.71. The van der Waals surface area contributed by atoms with Crippen molar-refractivity contribution in [3.05, 3.63) is 63.6 Å². The Balaban J connectivity index is 2.24. The standard InChI is InChI=1S/C18H19Cl2NO2/c1-11(2)17(12-4-7-14(23-3)8-5-12)21-18(22)15-10-13(19)6-9-16(15)20/h4-11,17H,1-3H3,(H,21,22). The van der Waals surface area contributed by atoms with Crippen LogP contribution in [0.1, 0.15) is 35.8 Å². The van der Waals surface area contributed by atoms with Gasteiger partial charge in [0.15, 0.2) is 0 Å². The average Bonchev–Trinajstić information content (AvgIpc) is 2.54. The van der Waals surface area contributed by atoms with Gasteiger partial charge >= 0.3 is 0 Å². The number of nitrogens with one attached hydrogen (secondary N) is 1. The van der Waals surface area contributed by atoms with Crippen LogP contribution >= 0.6 is 23.2 Å². The second kappa shape index (κ2) is 7.71. The van der Waals surface area contributed by atoms with Crippen LogP contribution in [0.25, 0.3) is 0 Å². The fourth-order valence-electron chi connectivity index (χ4n) is 2.34. The summed E-state index contributed by atoms with van der Waals surface area (Å²) in [6.07, 6.45) is 0. The zero-order valence-corrected chi connectivity index (χ0v) is 14.8. The van der Waals surface area contributed by atoms with Crippen LogP contribution in [-0.2, 0) is 0 Å². The monoisotopic (exact) mass is 351 g/mol. The van der Waals surface area contributed by atoms with Gasteiger partial charge in [-0.3, -0.25) is 4.79 Å². The quantitative estimate of drug-likeness (QED) is 0.810. The minimum atomic E-state index is -0.244. The van der Waals surface area contributed by atoms with Crippen molar-refractivity contribution < 1.29 is 9.53 Å². The Morgan fingerprint density at radius 2 is 1.74 bits per heavy atom. The van der Waals surface area contributed by atoms with Crippen molar-refractivity contribution in [1.29, 1.82) is 0 Å². The molecular formula is C18H19Cl2NO2. The smallest absolute Gasteiger partial charge is 0.253 e. The van der Waals surface area contributed by atoms with Crippen molar-refractivity contribution in [3.8, 4) is 5.75 Å². The lowest BCUT2D eigenvalue weighted by molar-refractivity contribution is 0.0925. The molecule has 0 aliphatic heterocycles. The third-order valence-corrected chi connectivity index (χ3v) is 4.17. The molecule has 0 heterocycles. The molecule has 0 aliphatic rings. The summed E-state index contributed by atoms with van der Waals surface area (Å²) in [5.41, 5.74) is 1.38. The molecule has 1 atom stereocenters. The number of methoxy groups -OCH3 is 1. The number of hydrogen-bond donors (Lipinski definition) is 1. The van der Waals surface area contributed by atoms with E-state index >= 15 is 0 Å². The van der Waals surface area contributed by atoms with Crippen LogP contribution in [0.3, 0.4) is 0 Å². The first-order valence-electron chi connectivity index (χ1n) is 7.32. The molecule has 3 nitrogen and oxygen atoms in total. The summed E-state index contributed by atoms with van der Waals surface area (Å²) in [6, 6.07) is 12.4. The van der Waals surface area contributed by atoms with E-state index in [2.05, 4.69) is 19.2 Å². The number of carbonyl (C=O) groups excluding carboxylic acids is 1. The third-order valence-electron chi connectivity index (χ3n) is 3.60. The largest absolute Gasteiger partial charge is 0.497 e. The molecular weight excluding hydrogens is 333 g/mol. The van der Waals surface area contributed by atoms with Crippen LogP contribution in [0.4, 0.5) is 0 Å². The molecule has 1 amide bonds. The van der Waals surface area contributed by atoms with Crippen molar-refractivity contribution in [2.24, 2.45) is 5.92 Å². The van der Waals surface area contributed by atoms with Gasteiger partial charge in [-0.1, -0.05) is 49.2 Å². The van der Waals surface area contributed by atoms with Gasteiger partial charge in [-0.25, -0.2) is 0 Å². The van der Waals surface area contributed by atoms with Gasteiger partial charge in [-0.15, -0.1) is 0 Å². The summed E-state index contributed by atoms with van der Waals surface area (Å²) in [6.45, 7) is 4.10. The summed E-state index contributed by atoms with van der Waals surface area (Å²) < 4.78 is 5.17. The molecule has 1 N–H and O–H groups in total. The first kappa shape index (κ1) is 17.6. The molecule has 0 saturated carbocycles. The highest BCUT2D eigenvalue weighted by Gasteiger charge is 2.20. The topological polar surface area (TPSA) is 38.3 Å². The van der Waals surface area contributed by atoms with Gasteiger partial charge in [-0.05, 0) is 41.8 Å². The van der Waals surface area contributed by atoms with Gasteiger partial charge in [0, 0.05) is 5.02 Å². The van der Waals surface area contributed by atoms with E-state index in [9.17, 15) is 4.79 Å². The Morgan fingerprint density at radius 1 is 1.09 bits per heavy atom. The van der Waals surface area contributed by atoms with E-state index < -0.39 is 0 Å². The molecule has 0 saturated heterocycles. The molecule has 0 aliphatic carbocycles. The Bertz CT molecular complexity index is 684. The summed E-state index contributed by atoms with van der Waals surface area (Å²) >= 11 is 12.1. The highest BCUT2D eigenvalue weighted by Crippen LogP contribution is 2.26. The van der Waals surface area contributed by atoms with Gasteiger partial charge in [0.05, 0.1) is 23.7 Å². The van der Waals surface area contributed by atoms with Crippen LogP contribution < -0.4 is 10.1 Å². The molecule has 2 aromatic rings. The second-order valence-corrected chi connectivity index (χ2v) is 6.44. The molecule has 5 heteroatoms. The average molecular weight is 352 g/mol. The molecule has 2 aromatic carbocycles. The van der Waals surface area contributed by atoms with E-state index in [1.54, 1.807) is 25.3 Å². The van der Waals surface area contributed by atoms with Crippen molar-refractivity contribution in [2.45, 2.75) is 19.9 Å². The van der Waals surface area contributed by atoms with Crippen molar-refractivity contribution >= 4 is 29.1 Å². The van der Waals surface area contributed by atoms with Gasteiger partial charge in [0.25, 0.3) is 5.91 Å². The molecule has 23 heavy (non-hydrogen) atoms. The Kier molecular flexibility index (Phi) is 5.91. The molecule has 0 fully saturated rings. The molecule has 0 radical (unpaired) electrons. The van der Waals surface area contributed by atoms with E-state index in [0.29, 0.717) is 15.6 Å². The molecule has 2 rings (SSSR count). The van der Waals surface area contributed by atoms with Gasteiger partial charge in [0.2, 0.25) is 0 Å². The zero-order chi connectivity index (χ0) is 17.0. The van der Waals surface area contributed by atoms with Crippen molar-refractivity contribution in [1.82, 2.24) is 5.32 Å². The number of ether oxygens (including phenoxy) is 1. The van der Waals surface area contributed by atoms with Crippen LogP contribution in [0.2, 0.25) is 10.0 Å². The van der Waals surface area contributed by atoms with Crippen LogP contribution in [0.5, 0.6) is 5.75 Å². The van der Waals surface area contributed by atoms with E-state index in [4.69, 9.17) is 27.9 Å². The minimum Gasteiger partial charge on any atom is -0.497 e. The van der Waals surface area contributed by atoms with Crippen molar-refractivity contribution in [2.75, 3.05) is 7.11 Å². The van der Waals surface area contributed by atoms with Crippen LogP contribution in [0, 0.1) is 5.92 Å². The highest BCUT2D eigenvalue weighted by atomic mass is 35.5. The molecule has 0 spiro atoms. The van der Waals surface area contributed by atoms with Crippen LogP contribution in [0.15, 0.2) is 42.5 Å². The maximum atomic E-state index is 12.6. The van der Waals surface area contributed by atoms with Crippen LogP contribution in [-0.4, -0.2) is 13.0 Å². The third kappa shape index (κ3) is 4.40. The zero-order valence-electron chi connectivity index (χ0n) is 13.3. The summed E-state index contributed by atoms with van der Waals surface area (Å²) in [7, 11) is 1.62. The van der Waals surface area contributed by atoms with E-state index in [0.717, 1.165) is 11.3 Å². The maximum Gasteiger partial charge on any atom is 0.253 e. The summed E-state index contributed by atoms with van der Waals surface area (Å²) in [5, 5.41) is 3.89. The predicted molar refractivity (Wildman–Crippen MR) is 94.5 cm³/mol. The molecule has 122 valence electrons. The first-order valence-corrected chi connectivity index (χ1v) is 8.08. The lowest BCUT2D eigenvalue weighted by Crippen LogP contribution is -2.31. The first-order chi connectivity index (χ1) is 10.9. The van der Waals surface area contributed by atoms with E-state index in [1.807, 2.05) is 24.3 Å². The van der Waals surface area contributed by atoms with E-state index in [1.165, 1.54) is 0 Å². The highest BCUT2D eigenvalue weighted by molar-refractivity contribution is 6.35. The minimum absolute atomic E-state index is 0.136. The number of rotatable bonds is 5. The number of hydrogen-bond acceptors (Lipinski definition) is 2. The fourth-order valence-corrected chi connectivity index (χ4v) is 2.71. The van der Waals surface area contributed by atoms with Gasteiger partial charge in [-0.2, -0.15) is 0 Å². The van der Waals surface area contributed by atoms with Crippen molar-refractivity contribution in [3.63, 3.8) is 0 Å². The number of carbonyl (C=O) groups is 1. The maximum absolute atomic E-state index is 12.6. The van der Waals surface area contributed by atoms with Gasteiger partial charge in [0.1, 0.15) is 5.75 Å². The number of benzene rings is 2. The number of halogens is 2. The molecule has 0 bridgehead atoms. The lowest BCUT2D eigenvalue weighted by atomic mass is 9.95. The molecule has 1 unspecified atom stereocenters.